The number of aliphatic hydroxyl groups excluding tert-OH is 1. The Morgan fingerprint density at radius 1 is 1.57 bits per heavy atom. The maximum atomic E-state index is 11.2. The zero-order chi connectivity index (χ0) is 15.6. The molecule has 2 unspecified atom stereocenters. The van der Waals surface area contributed by atoms with Crippen molar-refractivity contribution >= 4 is 11.7 Å². The number of β-amino-alcohol motifs (C(OH)–C–C–N with tert-alkyl or cyclic N) is 1. The van der Waals surface area contributed by atoms with Crippen molar-refractivity contribution in [2.45, 2.75) is 25.1 Å². The molecule has 21 heavy (non-hydrogen) atoms. The predicted molar refractivity (Wildman–Crippen MR) is 72.1 cm³/mol. The summed E-state index contributed by atoms with van der Waals surface area (Å²) < 4.78 is 5.15. The number of rotatable bonds is 5. The van der Waals surface area contributed by atoms with Gasteiger partial charge in [0.1, 0.15) is 11.8 Å². The van der Waals surface area contributed by atoms with Crippen LogP contribution < -0.4 is 4.74 Å². The van der Waals surface area contributed by atoms with E-state index < -0.39 is 23.0 Å². The van der Waals surface area contributed by atoms with Gasteiger partial charge in [0.2, 0.25) is 0 Å². The van der Waals surface area contributed by atoms with E-state index in [9.17, 15) is 20.0 Å². The average molecular weight is 296 g/mol. The Labute approximate surface area is 120 Å². The van der Waals surface area contributed by atoms with E-state index in [4.69, 9.17) is 9.84 Å². The highest BCUT2D eigenvalue weighted by Crippen LogP contribution is 2.28. The number of benzene rings is 1. The molecule has 2 N–H and O–H groups in total. The molecule has 8 nitrogen and oxygen atoms in total. The smallest absolute Gasteiger partial charge is 0.321 e. The number of carbonyl (C=O) groups is 1. The van der Waals surface area contributed by atoms with Gasteiger partial charge in [0, 0.05) is 37.2 Å². The van der Waals surface area contributed by atoms with Gasteiger partial charge in [0.25, 0.3) is 5.69 Å². The Balaban J connectivity index is 2.27. The number of methoxy groups -OCH3 is 1. The van der Waals surface area contributed by atoms with E-state index in [0.29, 0.717) is 11.3 Å². The van der Waals surface area contributed by atoms with E-state index in [-0.39, 0.29) is 25.2 Å². The first-order valence-corrected chi connectivity index (χ1v) is 6.38. The van der Waals surface area contributed by atoms with Crippen LogP contribution in [0.15, 0.2) is 18.2 Å². The number of nitro benzene ring substituents is 1. The summed E-state index contributed by atoms with van der Waals surface area (Å²) in [6.45, 7) is 0.377. The number of likely N-dealkylation sites (tertiary alicyclic amines) is 1. The van der Waals surface area contributed by atoms with Crippen molar-refractivity contribution < 1.29 is 24.7 Å². The maximum Gasteiger partial charge on any atom is 0.321 e. The number of nitrogens with zero attached hydrogens (tertiary/aromatic N) is 2. The lowest BCUT2D eigenvalue weighted by atomic mass is 10.1. The van der Waals surface area contributed by atoms with Crippen LogP contribution in [0.1, 0.15) is 12.0 Å². The van der Waals surface area contributed by atoms with Gasteiger partial charge in [-0.3, -0.25) is 19.8 Å². The second-order valence-electron chi connectivity index (χ2n) is 4.93. The van der Waals surface area contributed by atoms with Crippen molar-refractivity contribution in [2.75, 3.05) is 13.7 Å². The second-order valence-corrected chi connectivity index (χ2v) is 4.93. The predicted octanol–water partition coefficient (Wildman–Crippen LogP) is 0.623. The van der Waals surface area contributed by atoms with Crippen LogP contribution in [0.4, 0.5) is 5.69 Å². The molecule has 0 amide bonds. The van der Waals surface area contributed by atoms with Gasteiger partial charge in [-0.15, -0.1) is 0 Å². The average Bonchev–Trinajstić information content (AvgIpc) is 2.79. The molecule has 0 bridgehead atoms. The van der Waals surface area contributed by atoms with E-state index in [0.717, 1.165) is 0 Å². The number of nitro groups is 1. The quantitative estimate of drug-likeness (QED) is 0.605. The summed E-state index contributed by atoms with van der Waals surface area (Å²) in [4.78, 5) is 23.1. The normalized spacial score (nSPS) is 22.2. The van der Waals surface area contributed by atoms with E-state index >= 15 is 0 Å². The SMILES string of the molecule is COc1ccc([N+](=O)[O-])cc1CN1CC(O)CC1C(=O)O. The number of ether oxygens (including phenoxy) is 1. The van der Waals surface area contributed by atoms with Crippen LogP contribution in [-0.2, 0) is 11.3 Å². The summed E-state index contributed by atoms with van der Waals surface area (Å²) in [5, 5.41) is 29.6. The molecular weight excluding hydrogens is 280 g/mol. The van der Waals surface area contributed by atoms with Gasteiger partial charge in [0.15, 0.2) is 0 Å². The number of carboxylic acids is 1. The van der Waals surface area contributed by atoms with Crippen LogP contribution in [0.5, 0.6) is 5.75 Å². The lowest BCUT2D eigenvalue weighted by Crippen LogP contribution is -2.35. The molecule has 114 valence electrons. The molecule has 0 radical (unpaired) electrons. The summed E-state index contributed by atoms with van der Waals surface area (Å²) in [5.74, 6) is -0.568. The van der Waals surface area contributed by atoms with Crippen molar-refractivity contribution in [3.05, 3.63) is 33.9 Å². The van der Waals surface area contributed by atoms with Crippen molar-refractivity contribution in [3.8, 4) is 5.75 Å². The summed E-state index contributed by atoms with van der Waals surface area (Å²) in [6.07, 6.45) is -0.567. The Kier molecular flexibility index (Phi) is 4.39. The highest BCUT2D eigenvalue weighted by molar-refractivity contribution is 5.74. The van der Waals surface area contributed by atoms with Gasteiger partial charge >= 0.3 is 5.97 Å². The maximum absolute atomic E-state index is 11.2. The van der Waals surface area contributed by atoms with E-state index in [1.165, 1.54) is 25.3 Å². The molecule has 1 aliphatic rings. The van der Waals surface area contributed by atoms with Gasteiger partial charge in [-0.1, -0.05) is 0 Å². The third-order valence-corrected chi connectivity index (χ3v) is 3.51. The van der Waals surface area contributed by atoms with Crippen LogP contribution in [0.3, 0.4) is 0 Å². The van der Waals surface area contributed by atoms with Crippen molar-refractivity contribution in [1.29, 1.82) is 0 Å². The Bertz CT molecular complexity index is 562. The highest BCUT2D eigenvalue weighted by Gasteiger charge is 2.36. The molecule has 1 aromatic rings. The monoisotopic (exact) mass is 296 g/mol. The van der Waals surface area contributed by atoms with Gasteiger partial charge in [-0.2, -0.15) is 0 Å². The van der Waals surface area contributed by atoms with Gasteiger partial charge in [0.05, 0.1) is 18.1 Å². The molecule has 2 atom stereocenters. The Morgan fingerprint density at radius 3 is 2.86 bits per heavy atom. The summed E-state index contributed by atoms with van der Waals surface area (Å²) >= 11 is 0. The fourth-order valence-corrected chi connectivity index (χ4v) is 2.53. The molecule has 2 rings (SSSR count). The number of carboxylic acid groups (broad SMARTS) is 1. The van der Waals surface area contributed by atoms with Crippen molar-refractivity contribution in [3.63, 3.8) is 0 Å². The minimum atomic E-state index is -1.02. The lowest BCUT2D eigenvalue weighted by molar-refractivity contribution is -0.384. The van der Waals surface area contributed by atoms with E-state index in [1.807, 2.05) is 0 Å². The fourth-order valence-electron chi connectivity index (χ4n) is 2.53. The molecule has 0 spiro atoms. The molecule has 1 aliphatic heterocycles. The van der Waals surface area contributed by atoms with E-state index in [1.54, 1.807) is 4.90 Å². The fraction of sp³-hybridized carbons (Fsp3) is 0.462. The number of hydrogen-bond acceptors (Lipinski definition) is 6. The number of non-ortho nitro benzene ring substituents is 1. The molecule has 0 saturated carbocycles. The first-order chi connectivity index (χ1) is 9.92. The third-order valence-electron chi connectivity index (χ3n) is 3.51. The molecule has 1 heterocycles. The topological polar surface area (TPSA) is 113 Å². The largest absolute Gasteiger partial charge is 0.496 e. The molecule has 1 fully saturated rings. The minimum Gasteiger partial charge on any atom is -0.496 e. The van der Waals surface area contributed by atoms with Crippen molar-refractivity contribution in [1.82, 2.24) is 4.90 Å². The van der Waals surface area contributed by atoms with Gasteiger partial charge in [-0.05, 0) is 6.07 Å². The van der Waals surface area contributed by atoms with Crippen LogP contribution in [0.2, 0.25) is 0 Å². The third kappa shape index (κ3) is 3.29. The summed E-state index contributed by atoms with van der Waals surface area (Å²) in [6, 6.07) is 3.37. The first kappa shape index (κ1) is 15.2. The number of aliphatic hydroxyl groups is 1. The standard InChI is InChI=1S/C13H16N2O6/c1-21-12-3-2-9(15(19)20)4-8(12)6-14-7-10(16)5-11(14)13(17)18/h2-4,10-11,16H,5-7H2,1H3,(H,17,18). The minimum absolute atomic E-state index is 0.0857. The molecule has 1 saturated heterocycles. The van der Waals surface area contributed by atoms with Crippen LogP contribution in [0.25, 0.3) is 0 Å². The highest BCUT2D eigenvalue weighted by atomic mass is 16.6. The Hall–Kier alpha value is -2.19. The first-order valence-electron chi connectivity index (χ1n) is 6.38. The zero-order valence-electron chi connectivity index (χ0n) is 11.4. The molecule has 8 heteroatoms. The molecule has 0 aliphatic carbocycles. The summed E-state index contributed by atoms with van der Waals surface area (Å²) in [5.41, 5.74) is 0.435. The molecular formula is C13H16N2O6. The van der Waals surface area contributed by atoms with Crippen LogP contribution in [-0.4, -0.2) is 51.8 Å². The van der Waals surface area contributed by atoms with Crippen molar-refractivity contribution in [2.24, 2.45) is 0 Å². The summed E-state index contributed by atoms with van der Waals surface area (Å²) in [7, 11) is 1.44. The second kappa shape index (κ2) is 6.06. The Morgan fingerprint density at radius 2 is 2.29 bits per heavy atom. The van der Waals surface area contributed by atoms with E-state index in [2.05, 4.69) is 0 Å². The zero-order valence-corrected chi connectivity index (χ0v) is 11.4. The van der Waals surface area contributed by atoms with Gasteiger partial charge in [-0.25, -0.2) is 0 Å². The van der Waals surface area contributed by atoms with Crippen LogP contribution >= 0.6 is 0 Å². The van der Waals surface area contributed by atoms with Crippen LogP contribution in [0, 0.1) is 10.1 Å². The molecule has 0 aromatic heterocycles. The van der Waals surface area contributed by atoms with Gasteiger partial charge < -0.3 is 14.9 Å². The number of hydrogen-bond donors (Lipinski definition) is 2. The molecule has 1 aromatic carbocycles. The lowest BCUT2D eigenvalue weighted by Gasteiger charge is -2.21. The number of aliphatic carboxylic acids is 1.